The maximum absolute atomic E-state index is 12.7. The maximum Gasteiger partial charge on any atom is 0.274 e. The van der Waals surface area contributed by atoms with E-state index in [9.17, 15) is 4.79 Å². The molecule has 0 radical (unpaired) electrons. The number of rotatable bonds is 5. The number of amides is 1. The summed E-state index contributed by atoms with van der Waals surface area (Å²) in [5.41, 5.74) is 1.41. The first kappa shape index (κ1) is 15.4. The summed E-state index contributed by atoms with van der Waals surface area (Å²) in [4.78, 5) is 12.7. The number of hydrogen-bond donors (Lipinski definition) is 2. The Morgan fingerprint density at radius 1 is 1.30 bits per heavy atom. The van der Waals surface area contributed by atoms with E-state index < -0.39 is 0 Å². The molecule has 1 amide bonds. The Bertz CT molecular complexity index is 675. The molecule has 1 saturated heterocycles. The molecule has 120 valence electrons. The summed E-state index contributed by atoms with van der Waals surface area (Å²) in [7, 11) is 0. The van der Waals surface area contributed by atoms with Crippen LogP contribution in [0.5, 0.6) is 0 Å². The highest BCUT2D eigenvalue weighted by molar-refractivity contribution is 5.98. The third-order valence-corrected chi connectivity index (χ3v) is 4.17. The van der Waals surface area contributed by atoms with Gasteiger partial charge in [0, 0.05) is 24.3 Å². The molecule has 1 aromatic carbocycles. The van der Waals surface area contributed by atoms with E-state index in [1.807, 2.05) is 36.4 Å². The molecule has 0 saturated carbocycles. The standard InChI is InChI=1S/C17H20N4O2/c1-2-8-17(9-11-23-12-10-17)18-16(22)15-14(19-21-20-15)13-6-4-3-5-7-13/h2-7H,1,8-12H2,(H,18,22)(H,19,20,21). The van der Waals surface area contributed by atoms with Gasteiger partial charge in [-0.1, -0.05) is 36.4 Å². The second-order valence-corrected chi connectivity index (χ2v) is 5.73. The molecule has 23 heavy (non-hydrogen) atoms. The van der Waals surface area contributed by atoms with Gasteiger partial charge in [0.05, 0.1) is 0 Å². The molecule has 2 heterocycles. The Morgan fingerprint density at radius 2 is 2.04 bits per heavy atom. The Labute approximate surface area is 134 Å². The van der Waals surface area contributed by atoms with Crippen molar-refractivity contribution >= 4 is 5.91 Å². The van der Waals surface area contributed by atoms with Crippen LogP contribution in [-0.4, -0.2) is 40.1 Å². The van der Waals surface area contributed by atoms with E-state index in [1.54, 1.807) is 0 Å². The van der Waals surface area contributed by atoms with E-state index in [0.29, 0.717) is 31.0 Å². The lowest BCUT2D eigenvalue weighted by atomic mass is 9.86. The lowest BCUT2D eigenvalue weighted by molar-refractivity contribution is 0.0368. The molecular weight excluding hydrogens is 292 g/mol. The number of carbonyl (C=O) groups is 1. The van der Waals surface area contributed by atoms with Gasteiger partial charge >= 0.3 is 0 Å². The van der Waals surface area contributed by atoms with Crippen molar-refractivity contribution in [3.63, 3.8) is 0 Å². The Kier molecular flexibility index (Phi) is 4.52. The lowest BCUT2D eigenvalue weighted by Gasteiger charge is -2.37. The van der Waals surface area contributed by atoms with Crippen LogP contribution < -0.4 is 5.32 Å². The number of carbonyl (C=O) groups excluding carboxylic acids is 1. The molecule has 0 atom stereocenters. The number of ether oxygens (including phenoxy) is 1. The van der Waals surface area contributed by atoms with Gasteiger partial charge in [-0.25, -0.2) is 0 Å². The van der Waals surface area contributed by atoms with Crippen LogP contribution in [0.15, 0.2) is 43.0 Å². The van der Waals surface area contributed by atoms with E-state index >= 15 is 0 Å². The zero-order valence-corrected chi connectivity index (χ0v) is 12.9. The summed E-state index contributed by atoms with van der Waals surface area (Å²) in [5, 5.41) is 13.9. The second kappa shape index (κ2) is 6.75. The summed E-state index contributed by atoms with van der Waals surface area (Å²) in [6.45, 7) is 5.08. The predicted molar refractivity (Wildman–Crippen MR) is 86.9 cm³/mol. The number of benzene rings is 1. The van der Waals surface area contributed by atoms with Crippen molar-refractivity contribution in [2.75, 3.05) is 13.2 Å². The van der Waals surface area contributed by atoms with E-state index in [2.05, 4.69) is 27.3 Å². The molecule has 1 aliphatic heterocycles. The minimum absolute atomic E-state index is 0.221. The molecule has 0 spiro atoms. The lowest BCUT2D eigenvalue weighted by Crippen LogP contribution is -2.51. The third-order valence-electron chi connectivity index (χ3n) is 4.17. The van der Waals surface area contributed by atoms with E-state index in [-0.39, 0.29) is 11.4 Å². The minimum atomic E-state index is -0.315. The smallest absolute Gasteiger partial charge is 0.274 e. The number of aromatic nitrogens is 3. The number of aromatic amines is 1. The molecule has 6 nitrogen and oxygen atoms in total. The first-order chi connectivity index (χ1) is 11.2. The third kappa shape index (κ3) is 3.32. The predicted octanol–water partition coefficient (Wildman–Crippen LogP) is 2.33. The molecule has 6 heteroatoms. The van der Waals surface area contributed by atoms with Crippen LogP contribution in [0.2, 0.25) is 0 Å². The fourth-order valence-electron chi connectivity index (χ4n) is 2.91. The van der Waals surface area contributed by atoms with Crippen LogP contribution in [0.3, 0.4) is 0 Å². The van der Waals surface area contributed by atoms with Gasteiger partial charge in [-0.3, -0.25) is 4.79 Å². The van der Waals surface area contributed by atoms with E-state index in [4.69, 9.17) is 4.74 Å². The quantitative estimate of drug-likeness (QED) is 0.830. The molecule has 0 aliphatic carbocycles. The normalized spacial score (nSPS) is 16.7. The first-order valence-electron chi connectivity index (χ1n) is 7.71. The van der Waals surface area contributed by atoms with Crippen molar-refractivity contribution in [2.45, 2.75) is 24.8 Å². The van der Waals surface area contributed by atoms with Gasteiger partial charge in [-0.05, 0) is 19.3 Å². The summed E-state index contributed by atoms with van der Waals surface area (Å²) < 4.78 is 5.42. The fourth-order valence-corrected chi connectivity index (χ4v) is 2.91. The Morgan fingerprint density at radius 3 is 2.74 bits per heavy atom. The summed E-state index contributed by atoms with van der Waals surface area (Å²) in [5.74, 6) is -0.221. The van der Waals surface area contributed by atoms with E-state index in [0.717, 1.165) is 18.4 Å². The number of nitrogens with zero attached hydrogens (tertiary/aromatic N) is 2. The Hall–Kier alpha value is -2.47. The van der Waals surface area contributed by atoms with Crippen molar-refractivity contribution in [3.05, 3.63) is 48.7 Å². The van der Waals surface area contributed by atoms with Gasteiger partial charge in [0.25, 0.3) is 5.91 Å². The van der Waals surface area contributed by atoms with Crippen molar-refractivity contribution in [3.8, 4) is 11.3 Å². The minimum Gasteiger partial charge on any atom is -0.381 e. The van der Waals surface area contributed by atoms with Crippen LogP contribution in [0.4, 0.5) is 0 Å². The van der Waals surface area contributed by atoms with Crippen LogP contribution in [0, 0.1) is 0 Å². The summed E-state index contributed by atoms with van der Waals surface area (Å²) in [6, 6.07) is 9.54. The van der Waals surface area contributed by atoms with Crippen LogP contribution >= 0.6 is 0 Å². The monoisotopic (exact) mass is 312 g/mol. The van der Waals surface area contributed by atoms with Gasteiger partial charge < -0.3 is 10.1 Å². The maximum atomic E-state index is 12.7. The van der Waals surface area contributed by atoms with Crippen molar-refractivity contribution in [1.29, 1.82) is 0 Å². The largest absolute Gasteiger partial charge is 0.381 e. The SMILES string of the molecule is C=CCC1(NC(=O)c2n[nH]nc2-c2ccccc2)CCOCC1. The van der Waals surface area contributed by atoms with Gasteiger partial charge in [-0.2, -0.15) is 15.4 Å². The van der Waals surface area contributed by atoms with Crippen LogP contribution in [0.1, 0.15) is 29.8 Å². The van der Waals surface area contributed by atoms with Crippen molar-refractivity contribution < 1.29 is 9.53 Å². The van der Waals surface area contributed by atoms with Crippen molar-refractivity contribution in [1.82, 2.24) is 20.7 Å². The molecule has 1 aliphatic rings. The van der Waals surface area contributed by atoms with Crippen molar-refractivity contribution in [2.24, 2.45) is 0 Å². The highest BCUT2D eigenvalue weighted by Crippen LogP contribution is 2.26. The van der Waals surface area contributed by atoms with Gasteiger partial charge in [0.15, 0.2) is 5.69 Å². The summed E-state index contributed by atoms with van der Waals surface area (Å²) in [6.07, 6.45) is 4.08. The topological polar surface area (TPSA) is 79.9 Å². The Balaban J connectivity index is 1.83. The average Bonchev–Trinajstić information content (AvgIpc) is 3.06. The highest BCUT2D eigenvalue weighted by atomic mass is 16.5. The summed E-state index contributed by atoms with van der Waals surface area (Å²) >= 11 is 0. The van der Waals surface area contributed by atoms with Crippen LogP contribution in [0.25, 0.3) is 11.3 Å². The zero-order chi connectivity index (χ0) is 16.1. The molecule has 0 bridgehead atoms. The zero-order valence-electron chi connectivity index (χ0n) is 12.9. The second-order valence-electron chi connectivity index (χ2n) is 5.73. The molecule has 1 aromatic heterocycles. The van der Waals surface area contributed by atoms with Gasteiger partial charge in [0.1, 0.15) is 5.69 Å². The first-order valence-corrected chi connectivity index (χ1v) is 7.71. The van der Waals surface area contributed by atoms with E-state index in [1.165, 1.54) is 0 Å². The van der Waals surface area contributed by atoms with Gasteiger partial charge in [-0.15, -0.1) is 6.58 Å². The fraction of sp³-hybridized carbons (Fsp3) is 0.353. The molecule has 1 fully saturated rings. The molecule has 0 unspecified atom stereocenters. The highest BCUT2D eigenvalue weighted by Gasteiger charge is 2.34. The van der Waals surface area contributed by atoms with Gasteiger partial charge in [0.2, 0.25) is 0 Å². The molecule has 2 N–H and O–H groups in total. The molecule has 3 rings (SSSR count). The number of H-pyrrole nitrogens is 1. The molecular formula is C17H20N4O2. The number of nitrogens with one attached hydrogen (secondary N) is 2. The average molecular weight is 312 g/mol. The number of hydrogen-bond acceptors (Lipinski definition) is 4. The van der Waals surface area contributed by atoms with Crippen LogP contribution in [-0.2, 0) is 4.74 Å². The molecule has 2 aromatic rings.